The number of hydrogen-bond acceptors (Lipinski definition) is 1. The van der Waals surface area contributed by atoms with Crippen molar-refractivity contribution in [1.82, 2.24) is 0 Å². The highest BCUT2D eigenvalue weighted by molar-refractivity contribution is 5.92. The van der Waals surface area contributed by atoms with E-state index in [-0.39, 0.29) is 23.3 Å². The molecule has 0 amide bonds. The van der Waals surface area contributed by atoms with Crippen LogP contribution < -0.4 is 0 Å². The molecule has 3 aliphatic rings. The van der Waals surface area contributed by atoms with Crippen molar-refractivity contribution in [2.24, 2.45) is 0 Å². The first-order chi connectivity index (χ1) is 8.02. The van der Waals surface area contributed by atoms with Crippen LogP contribution in [0, 0.1) is 23.3 Å². The van der Waals surface area contributed by atoms with Gasteiger partial charge in [0.2, 0.25) is 0 Å². The van der Waals surface area contributed by atoms with E-state index in [9.17, 15) is 22.4 Å². The summed E-state index contributed by atoms with van der Waals surface area (Å²) in [6.07, 6.45) is 2.96. The highest BCUT2D eigenvalue weighted by atomic mass is 19.2. The van der Waals surface area contributed by atoms with Gasteiger partial charge in [-0.05, 0) is 0 Å². The first kappa shape index (κ1) is 10.5. The van der Waals surface area contributed by atoms with Crippen LogP contribution in [0.1, 0.15) is 29.4 Å². The number of carbonyl (C=O) groups excluding carboxylic acids is 1. The normalized spacial score (nSPS) is 25.3. The van der Waals surface area contributed by atoms with E-state index < -0.39 is 35.1 Å². The molecule has 0 aromatic heterocycles. The van der Waals surface area contributed by atoms with E-state index in [0.717, 1.165) is 0 Å². The predicted octanol–water partition coefficient (Wildman–Crippen LogP) is 2.95. The van der Waals surface area contributed by atoms with Gasteiger partial charge in [-0.3, -0.25) is 4.79 Å². The third-order valence-electron chi connectivity index (χ3n) is 3.33. The van der Waals surface area contributed by atoms with Crippen molar-refractivity contribution in [2.45, 2.75) is 18.3 Å². The summed E-state index contributed by atoms with van der Waals surface area (Å²) in [6.45, 7) is 0. The molecule has 0 N–H and O–H groups in total. The summed E-state index contributed by atoms with van der Waals surface area (Å²) < 4.78 is 53.4. The number of benzene rings is 1. The van der Waals surface area contributed by atoms with Crippen LogP contribution in [0.15, 0.2) is 12.2 Å². The zero-order chi connectivity index (χ0) is 12.3. The van der Waals surface area contributed by atoms with Crippen LogP contribution in [0.4, 0.5) is 17.6 Å². The average molecular weight is 242 g/mol. The summed E-state index contributed by atoms with van der Waals surface area (Å²) in [6, 6.07) is 0. The minimum atomic E-state index is -1.85. The van der Waals surface area contributed by atoms with Crippen LogP contribution in [0.2, 0.25) is 0 Å². The highest BCUT2D eigenvalue weighted by Crippen LogP contribution is 2.46. The quantitative estimate of drug-likeness (QED) is 0.296. The second-order valence-corrected chi connectivity index (χ2v) is 4.22. The summed E-state index contributed by atoms with van der Waals surface area (Å²) in [5, 5.41) is 0. The van der Waals surface area contributed by atoms with E-state index >= 15 is 0 Å². The lowest BCUT2D eigenvalue weighted by Gasteiger charge is -2.32. The molecule has 1 aromatic carbocycles. The van der Waals surface area contributed by atoms with Gasteiger partial charge in [0.15, 0.2) is 23.3 Å². The van der Waals surface area contributed by atoms with Gasteiger partial charge in [-0.25, -0.2) is 17.6 Å². The standard InChI is InChI=1S/C12H6F4O/c13-9-7-4-1-2-5(6(17)3-4)8(7)10(14)12(16)11(9)15/h1-2,4-5H,3H2. The third kappa shape index (κ3) is 1.16. The Balaban J connectivity index is 2.40. The number of allylic oxidation sites excluding steroid dienone is 2. The Bertz CT molecular complexity index is 577. The Morgan fingerprint density at radius 2 is 1.47 bits per heavy atom. The van der Waals surface area contributed by atoms with Gasteiger partial charge in [0.05, 0.1) is 5.92 Å². The van der Waals surface area contributed by atoms with Gasteiger partial charge in [0.25, 0.3) is 0 Å². The summed E-state index contributed by atoms with van der Waals surface area (Å²) in [4.78, 5) is 11.5. The number of hydrogen-bond donors (Lipinski definition) is 0. The first-order valence-corrected chi connectivity index (χ1v) is 5.09. The van der Waals surface area contributed by atoms with E-state index in [0.29, 0.717) is 0 Å². The van der Waals surface area contributed by atoms with Crippen LogP contribution in [0.5, 0.6) is 0 Å². The zero-order valence-electron chi connectivity index (χ0n) is 8.44. The predicted molar refractivity (Wildman–Crippen MR) is 50.5 cm³/mol. The molecule has 88 valence electrons. The average Bonchev–Trinajstić information content (AvgIpc) is 2.33. The summed E-state index contributed by atoms with van der Waals surface area (Å²) >= 11 is 0. The van der Waals surface area contributed by atoms with Crippen LogP contribution in [-0.2, 0) is 4.79 Å². The lowest BCUT2D eigenvalue weighted by atomic mass is 9.70. The molecule has 0 heterocycles. The maximum atomic E-state index is 13.6. The minimum Gasteiger partial charge on any atom is -0.299 e. The molecule has 0 saturated heterocycles. The van der Waals surface area contributed by atoms with Crippen LogP contribution >= 0.6 is 0 Å². The molecule has 0 radical (unpaired) electrons. The smallest absolute Gasteiger partial charge is 0.197 e. The molecule has 2 unspecified atom stereocenters. The molecule has 1 nitrogen and oxygen atoms in total. The van der Waals surface area contributed by atoms with Crippen molar-refractivity contribution in [3.05, 3.63) is 46.5 Å². The van der Waals surface area contributed by atoms with Crippen molar-refractivity contribution in [3.63, 3.8) is 0 Å². The van der Waals surface area contributed by atoms with Crippen molar-refractivity contribution in [2.75, 3.05) is 0 Å². The molecule has 0 fully saturated rings. The first-order valence-electron chi connectivity index (χ1n) is 5.09. The van der Waals surface area contributed by atoms with Crippen LogP contribution in [-0.4, -0.2) is 5.78 Å². The lowest BCUT2D eigenvalue weighted by molar-refractivity contribution is -0.120. The van der Waals surface area contributed by atoms with Crippen molar-refractivity contribution in [1.29, 1.82) is 0 Å². The molecule has 4 rings (SSSR count). The Morgan fingerprint density at radius 3 is 2.06 bits per heavy atom. The molecule has 5 heteroatoms. The number of ketones is 1. The number of Topliss-reactive ketones (excluding diaryl/α,β-unsaturated/α-hetero) is 1. The molecule has 0 aliphatic heterocycles. The maximum absolute atomic E-state index is 13.6. The van der Waals surface area contributed by atoms with E-state index in [4.69, 9.17) is 0 Å². The van der Waals surface area contributed by atoms with E-state index in [2.05, 4.69) is 0 Å². The van der Waals surface area contributed by atoms with Gasteiger partial charge in [-0.1, -0.05) is 12.2 Å². The van der Waals surface area contributed by atoms with Gasteiger partial charge in [0.1, 0.15) is 5.78 Å². The van der Waals surface area contributed by atoms with E-state index in [1.54, 1.807) is 0 Å². The van der Waals surface area contributed by atoms with E-state index in [1.165, 1.54) is 12.2 Å². The second kappa shape index (κ2) is 3.18. The lowest BCUT2D eigenvalue weighted by Crippen LogP contribution is -2.29. The summed E-state index contributed by atoms with van der Waals surface area (Å²) in [5.74, 6) is -8.47. The van der Waals surface area contributed by atoms with Gasteiger partial charge in [-0.2, -0.15) is 0 Å². The van der Waals surface area contributed by atoms with Crippen LogP contribution in [0.3, 0.4) is 0 Å². The Labute approximate surface area is 93.7 Å². The third-order valence-corrected chi connectivity index (χ3v) is 3.33. The fourth-order valence-electron chi connectivity index (χ4n) is 2.55. The zero-order valence-corrected chi connectivity index (χ0v) is 8.44. The minimum absolute atomic E-state index is 0.00952. The van der Waals surface area contributed by atoms with Crippen LogP contribution in [0.25, 0.3) is 0 Å². The number of carbonyl (C=O) groups is 1. The topological polar surface area (TPSA) is 17.1 Å². The molecule has 0 spiro atoms. The van der Waals surface area contributed by atoms with Crippen molar-refractivity contribution < 1.29 is 22.4 Å². The van der Waals surface area contributed by atoms with Gasteiger partial charge in [0, 0.05) is 23.5 Å². The molecule has 2 bridgehead atoms. The fraction of sp³-hybridized carbons (Fsp3) is 0.250. The summed E-state index contributed by atoms with van der Waals surface area (Å²) in [7, 11) is 0. The summed E-state index contributed by atoms with van der Waals surface area (Å²) in [5.41, 5.74) is -0.557. The van der Waals surface area contributed by atoms with Gasteiger partial charge < -0.3 is 0 Å². The Hall–Kier alpha value is -1.65. The fourth-order valence-corrected chi connectivity index (χ4v) is 2.55. The van der Waals surface area contributed by atoms with Crippen molar-refractivity contribution >= 4 is 5.78 Å². The molecule has 0 saturated carbocycles. The molecule has 1 aromatic rings. The molecule has 2 atom stereocenters. The number of halogens is 4. The maximum Gasteiger partial charge on any atom is 0.197 e. The monoisotopic (exact) mass is 242 g/mol. The number of fused-ring (bicyclic) bond motifs is 1. The largest absolute Gasteiger partial charge is 0.299 e. The number of rotatable bonds is 0. The SMILES string of the molecule is O=C1CC2C=CC1c1c(F)c(F)c(F)c(F)c12. The molecule has 3 aliphatic carbocycles. The Kier molecular flexibility index (Phi) is 1.97. The van der Waals surface area contributed by atoms with Crippen molar-refractivity contribution in [3.8, 4) is 0 Å². The molecular weight excluding hydrogens is 236 g/mol. The second-order valence-electron chi connectivity index (χ2n) is 4.22. The Morgan fingerprint density at radius 1 is 0.882 bits per heavy atom. The van der Waals surface area contributed by atoms with E-state index in [1.807, 2.05) is 0 Å². The van der Waals surface area contributed by atoms with Gasteiger partial charge >= 0.3 is 0 Å². The van der Waals surface area contributed by atoms with Gasteiger partial charge in [-0.15, -0.1) is 0 Å². The highest BCUT2D eigenvalue weighted by Gasteiger charge is 2.41. The molecule has 17 heavy (non-hydrogen) atoms. The molecular formula is C12H6F4O.